The Morgan fingerprint density at radius 3 is 2.35 bits per heavy atom. The van der Waals surface area contributed by atoms with E-state index in [1.165, 1.54) is 12.7 Å². The molecule has 26 heavy (non-hydrogen) atoms. The van der Waals surface area contributed by atoms with Crippen molar-refractivity contribution < 1.29 is 19.1 Å². The van der Waals surface area contributed by atoms with Crippen molar-refractivity contribution in [2.45, 2.75) is 39.7 Å². The first kappa shape index (κ1) is 19.5. The first-order valence-corrected chi connectivity index (χ1v) is 8.74. The number of anilines is 1. The van der Waals surface area contributed by atoms with Crippen LogP contribution < -0.4 is 10.1 Å². The lowest BCUT2D eigenvalue weighted by Gasteiger charge is -2.19. The summed E-state index contributed by atoms with van der Waals surface area (Å²) in [5, 5.41) is 2.85. The number of nitrogens with one attached hydrogen (secondary N) is 1. The van der Waals surface area contributed by atoms with Gasteiger partial charge in [0.15, 0.2) is 6.10 Å². The number of amides is 1. The second-order valence-corrected chi connectivity index (χ2v) is 5.97. The molecule has 0 saturated carbocycles. The minimum absolute atomic E-state index is 0.253. The van der Waals surface area contributed by atoms with Crippen molar-refractivity contribution in [3.63, 3.8) is 0 Å². The van der Waals surface area contributed by atoms with Crippen molar-refractivity contribution in [1.82, 2.24) is 0 Å². The molecular formula is C21H25NO4. The SMILES string of the molecule is CCc1ccc(O[C@H](CC)C(=O)Nc2cccc(C(=O)OC)c2C)cc1. The summed E-state index contributed by atoms with van der Waals surface area (Å²) in [6, 6.07) is 12.9. The third kappa shape index (κ3) is 4.63. The lowest BCUT2D eigenvalue weighted by atomic mass is 10.1. The fourth-order valence-electron chi connectivity index (χ4n) is 2.61. The molecule has 2 aromatic carbocycles. The second-order valence-electron chi connectivity index (χ2n) is 5.97. The van der Waals surface area contributed by atoms with E-state index in [-0.39, 0.29) is 5.91 Å². The Balaban J connectivity index is 2.12. The lowest BCUT2D eigenvalue weighted by Crippen LogP contribution is -2.32. The summed E-state index contributed by atoms with van der Waals surface area (Å²) >= 11 is 0. The Hall–Kier alpha value is -2.82. The molecular weight excluding hydrogens is 330 g/mol. The van der Waals surface area contributed by atoms with E-state index in [1.807, 2.05) is 31.2 Å². The molecule has 0 aliphatic heterocycles. The highest BCUT2D eigenvalue weighted by atomic mass is 16.5. The van der Waals surface area contributed by atoms with E-state index >= 15 is 0 Å². The van der Waals surface area contributed by atoms with Crippen LogP contribution in [0.15, 0.2) is 42.5 Å². The highest BCUT2D eigenvalue weighted by molar-refractivity contribution is 5.98. The predicted molar refractivity (Wildman–Crippen MR) is 102 cm³/mol. The molecule has 0 fully saturated rings. The minimum Gasteiger partial charge on any atom is -0.481 e. The van der Waals surface area contributed by atoms with Gasteiger partial charge in [-0.25, -0.2) is 4.79 Å². The van der Waals surface area contributed by atoms with Crippen LogP contribution in [-0.2, 0) is 16.0 Å². The van der Waals surface area contributed by atoms with E-state index in [0.717, 1.165) is 6.42 Å². The third-order valence-corrected chi connectivity index (χ3v) is 4.27. The van der Waals surface area contributed by atoms with E-state index in [1.54, 1.807) is 25.1 Å². The second kappa shape index (κ2) is 9.04. The summed E-state index contributed by atoms with van der Waals surface area (Å²) in [5.41, 5.74) is 2.87. The van der Waals surface area contributed by atoms with E-state index < -0.39 is 12.1 Å². The van der Waals surface area contributed by atoms with Crippen LogP contribution in [0, 0.1) is 6.92 Å². The van der Waals surface area contributed by atoms with E-state index in [2.05, 4.69) is 12.2 Å². The number of ether oxygens (including phenoxy) is 2. The number of esters is 1. The number of methoxy groups -OCH3 is 1. The summed E-state index contributed by atoms with van der Waals surface area (Å²) in [6.07, 6.45) is 0.855. The van der Waals surface area contributed by atoms with Crippen LogP contribution in [0.25, 0.3) is 0 Å². The van der Waals surface area contributed by atoms with Crippen molar-refractivity contribution in [3.05, 3.63) is 59.2 Å². The first-order valence-electron chi connectivity index (χ1n) is 8.74. The van der Waals surface area contributed by atoms with Crippen LogP contribution >= 0.6 is 0 Å². The van der Waals surface area contributed by atoms with E-state index in [4.69, 9.17) is 9.47 Å². The van der Waals surface area contributed by atoms with Gasteiger partial charge in [0, 0.05) is 5.69 Å². The van der Waals surface area contributed by atoms with Crippen molar-refractivity contribution in [1.29, 1.82) is 0 Å². The van der Waals surface area contributed by atoms with Crippen LogP contribution in [0.5, 0.6) is 5.75 Å². The number of aryl methyl sites for hydroxylation is 1. The summed E-state index contributed by atoms with van der Waals surface area (Å²) < 4.78 is 10.6. The van der Waals surface area contributed by atoms with Gasteiger partial charge >= 0.3 is 5.97 Å². The lowest BCUT2D eigenvalue weighted by molar-refractivity contribution is -0.122. The third-order valence-electron chi connectivity index (χ3n) is 4.27. The molecule has 5 heteroatoms. The number of carbonyl (C=O) groups excluding carboxylic acids is 2. The van der Waals surface area contributed by atoms with Gasteiger partial charge in [-0.15, -0.1) is 0 Å². The van der Waals surface area contributed by atoms with Crippen LogP contribution in [0.3, 0.4) is 0 Å². The zero-order chi connectivity index (χ0) is 19.1. The maximum absolute atomic E-state index is 12.6. The monoisotopic (exact) mass is 355 g/mol. The fraction of sp³-hybridized carbons (Fsp3) is 0.333. The van der Waals surface area contributed by atoms with Crippen LogP contribution in [-0.4, -0.2) is 25.1 Å². The smallest absolute Gasteiger partial charge is 0.338 e. The Morgan fingerprint density at radius 1 is 1.08 bits per heavy atom. The van der Waals surface area contributed by atoms with Crippen molar-refractivity contribution in [2.75, 3.05) is 12.4 Å². The summed E-state index contributed by atoms with van der Waals surface area (Å²) in [4.78, 5) is 24.4. The molecule has 0 aromatic heterocycles. The normalized spacial score (nSPS) is 11.5. The van der Waals surface area contributed by atoms with Gasteiger partial charge in [0.05, 0.1) is 12.7 Å². The molecule has 0 radical (unpaired) electrons. The van der Waals surface area contributed by atoms with Gasteiger partial charge in [0.1, 0.15) is 5.75 Å². The Labute approximate surface area is 154 Å². The van der Waals surface area contributed by atoms with Gasteiger partial charge in [-0.2, -0.15) is 0 Å². The molecule has 0 unspecified atom stereocenters. The Morgan fingerprint density at radius 2 is 1.77 bits per heavy atom. The van der Waals surface area contributed by atoms with Crippen molar-refractivity contribution >= 4 is 17.6 Å². The molecule has 2 aromatic rings. The Kier molecular flexibility index (Phi) is 6.78. The maximum Gasteiger partial charge on any atom is 0.338 e. The molecule has 0 saturated heterocycles. The van der Waals surface area contributed by atoms with Gasteiger partial charge in [0.2, 0.25) is 0 Å². The molecule has 0 bridgehead atoms. The number of hydrogen-bond acceptors (Lipinski definition) is 4. The van der Waals surface area contributed by atoms with E-state index in [0.29, 0.717) is 29.0 Å². The predicted octanol–water partition coefficient (Wildman–Crippen LogP) is 4.14. The van der Waals surface area contributed by atoms with Gasteiger partial charge in [-0.1, -0.05) is 32.0 Å². The number of hydrogen-bond donors (Lipinski definition) is 1. The van der Waals surface area contributed by atoms with Crippen LogP contribution in [0.1, 0.15) is 41.8 Å². The van der Waals surface area contributed by atoms with Crippen molar-refractivity contribution in [3.8, 4) is 5.75 Å². The maximum atomic E-state index is 12.6. The fourth-order valence-corrected chi connectivity index (χ4v) is 2.61. The number of benzene rings is 2. The zero-order valence-electron chi connectivity index (χ0n) is 15.7. The summed E-state index contributed by atoms with van der Waals surface area (Å²) in [7, 11) is 1.33. The molecule has 5 nitrogen and oxygen atoms in total. The number of rotatable bonds is 7. The molecule has 1 atom stereocenters. The molecule has 0 heterocycles. The molecule has 138 valence electrons. The number of carbonyl (C=O) groups is 2. The molecule has 2 rings (SSSR count). The summed E-state index contributed by atoms with van der Waals surface area (Å²) in [5.74, 6) is -0.0284. The molecule has 0 spiro atoms. The molecule has 0 aliphatic rings. The van der Waals surface area contributed by atoms with Gasteiger partial charge in [-0.05, 0) is 55.2 Å². The van der Waals surface area contributed by atoms with Gasteiger partial charge in [0.25, 0.3) is 5.91 Å². The Bertz CT molecular complexity index is 768. The zero-order valence-corrected chi connectivity index (χ0v) is 15.7. The molecule has 1 N–H and O–H groups in total. The topological polar surface area (TPSA) is 64.6 Å². The standard InChI is InChI=1S/C21H25NO4/c1-5-15-10-12-16(13-11-15)26-19(6-2)20(23)22-18-9-7-8-17(14(18)3)21(24)25-4/h7-13,19H,5-6H2,1-4H3,(H,22,23)/t19-/m1/s1. The largest absolute Gasteiger partial charge is 0.481 e. The molecule has 1 amide bonds. The molecule has 0 aliphatic carbocycles. The highest BCUT2D eigenvalue weighted by Gasteiger charge is 2.20. The van der Waals surface area contributed by atoms with Crippen LogP contribution in [0.2, 0.25) is 0 Å². The average molecular weight is 355 g/mol. The highest BCUT2D eigenvalue weighted by Crippen LogP contribution is 2.21. The van der Waals surface area contributed by atoms with Gasteiger partial charge in [-0.3, -0.25) is 4.79 Å². The quantitative estimate of drug-likeness (QED) is 0.758. The van der Waals surface area contributed by atoms with Crippen molar-refractivity contribution in [2.24, 2.45) is 0 Å². The summed E-state index contributed by atoms with van der Waals surface area (Å²) in [6.45, 7) is 5.75. The average Bonchev–Trinajstić information content (AvgIpc) is 2.67. The first-order chi connectivity index (χ1) is 12.5. The van der Waals surface area contributed by atoms with E-state index in [9.17, 15) is 9.59 Å². The minimum atomic E-state index is -0.622. The van der Waals surface area contributed by atoms with Crippen LogP contribution in [0.4, 0.5) is 5.69 Å². The van der Waals surface area contributed by atoms with Gasteiger partial charge < -0.3 is 14.8 Å².